The summed E-state index contributed by atoms with van der Waals surface area (Å²) in [5, 5.41) is 16.2. The predicted molar refractivity (Wildman–Crippen MR) is 101 cm³/mol. The van der Waals surface area contributed by atoms with E-state index in [1.165, 1.54) is 18.2 Å². The average Bonchev–Trinajstić information content (AvgIpc) is 2.63. The topological polar surface area (TPSA) is 101 Å². The molecule has 0 saturated heterocycles. The van der Waals surface area contributed by atoms with Crippen molar-refractivity contribution >= 4 is 35.0 Å². The number of amides is 2. The zero-order chi connectivity index (χ0) is 19.1. The molecule has 2 rings (SSSR count). The number of carbonyl (C=O) groups is 2. The molecular weight excluding hydrogens is 334 g/mol. The van der Waals surface area contributed by atoms with Crippen molar-refractivity contribution in [3.05, 3.63) is 69.8 Å². The minimum Gasteiger partial charge on any atom is -0.326 e. The summed E-state index contributed by atoms with van der Waals surface area (Å²) in [6.07, 6.45) is 3.28. The Balaban J connectivity index is 2.06. The van der Waals surface area contributed by atoms with Gasteiger partial charge < -0.3 is 10.6 Å². The molecule has 0 heterocycles. The summed E-state index contributed by atoms with van der Waals surface area (Å²) in [6, 6.07) is 11.1. The van der Waals surface area contributed by atoms with Gasteiger partial charge >= 0.3 is 0 Å². The fourth-order valence-corrected chi connectivity index (χ4v) is 2.20. The van der Waals surface area contributed by atoms with E-state index in [1.54, 1.807) is 50.3 Å². The van der Waals surface area contributed by atoms with Gasteiger partial charge in [0.1, 0.15) is 0 Å². The molecule has 7 heteroatoms. The summed E-state index contributed by atoms with van der Waals surface area (Å²) in [7, 11) is 0. The third-order valence-electron chi connectivity index (χ3n) is 3.72. The van der Waals surface area contributed by atoms with Crippen LogP contribution in [-0.2, 0) is 9.59 Å². The second kappa shape index (κ2) is 8.57. The van der Waals surface area contributed by atoms with Crippen molar-refractivity contribution in [2.75, 3.05) is 10.6 Å². The van der Waals surface area contributed by atoms with Crippen molar-refractivity contribution in [2.24, 2.45) is 0 Å². The monoisotopic (exact) mass is 353 g/mol. The molecule has 0 aliphatic heterocycles. The number of nitrogens with one attached hydrogen (secondary N) is 2. The molecule has 2 aromatic carbocycles. The highest BCUT2D eigenvalue weighted by Crippen LogP contribution is 2.23. The highest BCUT2D eigenvalue weighted by atomic mass is 16.6. The molecule has 0 unspecified atom stereocenters. The predicted octanol–water partition coefficient (Wildman–Crippen LogP) is 3.90. The summed E-state index contributed by atoms with van der Waals surface area (Å²) in [6.45, 7) is 3.57. The molecule has 0 atom stereocenters. The number of hydrogen-bond acceptors (Lipinski definition) is 4. The molecule has 0 aromatic heterocycles. The smallest absolute Gasteiger partial charge is 0.269 e. The van der Waals surface area contributed by atoms with Gasteiger partial charge in [-0.25, -0.2) is 0 Å². The van der Waals surface area contributed by atoms with Crippen LogP contribution in [0.1, 0.15) is 24.5 Å². The van der Waals surface area contributed by atoms with Crippen LogP contribution in [0.5, 0.6) is 0 Å². The maximum Gasteiger partial charge on any atom is 0.269 e. The Bertz CT molecular complexity index is 858. The molecule has 26 heavy (non-hydrogen) atoms. The summed E-state index contributed by atoms with van der Waals surface area (Å²) in [5.41, 5.74) is 2.66. The zero-order valence-corrected chi connectivity index (χ0v) is 14.5. The van der Waals surface area contributed by atoms with Crippen molar-refractivity contribution in [1.82, 2.24) is 0 Å². The van der Waals surface area contributed by atoms with E-state index < -0.39 is 4.92 Å². The Morgan fingerprint density at radius 3 is 2.27 bits per heavy atom. The Labute approximate surface area is 150 Å². The van der Waals surface area contributed by atoms with E-state index in [1.807, 2.05) is 0 Å². The van der Waals surface area contributed by atoms with Crippen LogP contribution in [0.3, 0.4) is 0 Å². The summed E-state index contributed by atoms with van der Waals surface area (Å²) >= 11 is 0. The molecule has 0 aliphatic rings. The molecule has 2 aromatic rings. The molecule has 2 amide bonds. The molecular formula is C19H19N3O4. The lowest BCUT2D eigenvalue weighted by atomic mass is 10.1. The number of hydrogen-bond donors (Lipinski definition) is 2. The van der Waals surface area contributed by atoms with Crippen LogP contribution in [0.4, 0.5) is 17.1 Å². The Hall–Kier alpha value is -3.48. The van der Waals surface area contributed by atoms with Gasteiger partial charge in [0.05, 0.1) is 4.92 Å². The summed E-state index contributed by atoms with van der Waals surface area (Å²) in [5.74, 6) is -0.444. The van der Waals surface area contributed by atoms with Gasteiger partial charge in [-0.3, -0.25) is 19.7 Å². The van der Waals surface area contributed by atoms with Crippen molar-refractivity contribution in [2.45, 2.75) is 20.3 Å². The lowest BCUT2D eigenvalue weighted by molar-refractivity contribution is -0.384. The average molecular weight is 353 g/mol. The highest BCUT2D eigenvalue weighted by molar-refractivity contribution is 6.03. The van der Waals surface area contributed by atoms with Gasteiger partial charge in [0.25, 0.3) is 5.69 Å². The second-order valence-electron chi connectivity index (χ2n) is 5.55. The van der Waals surface area contributed by atoms with Gasteiger partial charge in [0.2, 0.25) is 11.8 Å². The van der Waals surface area contributed by atoms with E-state index >= 15 is 0 Å². The maximum atomic E-state index is 12.1. The van der Waals surface area contributed by atoms with E-state index in [0.717, 1.165) is 5.56 Å². The van der Waals surface area contributed by atoms with Crippen molar-refractivity contribution < 1.29 is 14.5 Å². The number of rotatable bonds is 6. The number of nitro benzene ring substituents is 1. The van der Waals surface area contributed by atoms with Crippen LogP contribution in [0.2, 0.25) is 0 Å². The third kappa shape index (κ3) is 5.01. The summed E-state index contributed by atoms with van der Waals surface area (Å²) in [4.78, 5) is 33.8. The number of anilines is 2. The second-order valence-corrected chi connectivity index (χ2v) is 5.55. The number of nitrogens with zero attached hydrogens (tertiary/aromatic N) is 1. The van der Waals surface area contributed by atoms with Crippen LogP contribution < -0.4 is 10.6 Å². The summed E-state index contributed by atoms with van der Waals surface area (Å²) < 4.78 is 0. The fraction of sp³-hybridized carbons (Fsp3) is 0.158. The van der Waals surface area contributed by atoms with Crippen LogP contribution >= 0.6 is 0 Å². The van der Waals surface area contributed by atoms with Crippen molar-refractivity contribution in [3.8, 4) is 0 Å². The van der Waals surface area contributed by atoms with E-state index in [0.29, 0.717) is 23.4 Å². The third-order valence-corrected chi connectivity index (χ3v) is 3.72. The van der Waals surface area contributed by atoms with Gasteiger partial charge in [0.15, 0.2) is 0 Å². The van der Waals surface area contributed by atoms with Crippen LogP contribution in [0, 0.1) is 17.0 Å². The van der Waals surface area contributed by atoms with Gasteiger partial charge in [-0.05, 0) is 48.4 Å². The standard InChI is InChI=1S/C19H19N3O4/c1-3-18(23)20-16-5-4-6-17(13(16)2)21-19(24)12-9-14-7-10-15(11-8-14)22(25)26/h4-12H,3H2,1-2H3,(H,20,23)(H,21,24)/b12-9+. The molecule has 0 saturated carbocycles. The van der Waals surface area contributed by atoms with Crippen LogP contribution in [0.25, 0.3) is 6.08 Å². The fourth-order valence-electron chi connectivity index (χ4n) is 2.20. The first-order valence-corrected chi connectivity index (χ1v) is 8.03. The van der Waals surface area contributed by atoms with E-state index in [4.69, 9.17) is 0 Å². The number of non-ortho nitro benzene ring substituents is 1. The first-order chi connectivity index (χ1) is 12.4. The number of benzene rings is 2. The van der Waals surface area contributed by atoms with Crippen LogP contribution in [0.15, 0.2) is 48.5 Å². The maximum absolute atomic E-state index is 12.1. The molecule has 0 spiro atoms. The Morgan fingerprint density at radius 2 is 1.69 bits per heavy atom. The quantitative estimate of drug-likeness (QED) is 0.467. The van der Waals surface area contributed by atoms with Gasteiger partial charge in [-0.2, -0.15) is 0 Å². The molecule has 2 N–H and O–H groups in total. The van der Waals surface area contributed by atoms with E-state index in [9.17, 15) is 19.7 Å². The van der Waals surface area contributed by atoms with E-state index in [-0.39, 0.29) is 17.5 Å². The first kappa shape index (κ1) is 18.9. The van der Waals surface area contributed by atoms with Crippen molar-refractivity contribution in [3.63, 3.8) is 0 Å². The van der Waals surface area contributed by atoms with Gasteiger partial charge in [0, 0.05) is 36.0 Å². The molecule has 0 bridgehead atoms. The Morgan fingerprint density at radius 1 is 1.08 bits per heavy atom. The lowest BCUT2D eigenvalue weighted by Gasteiger charge is -2.12. The number of nitro groups is 1. The molecule has 7 nitrogen and oxygen atoms in total. The van der Waals surface area contributed by atoms with Crippen LogP contribution in [-0.4, -0.2) is 16.7 Å². The molecule has 0 radical (unpaired) electrons. The molecule has 134 valence electrons. The SMILES string of the molecule is CCC(=O)Nc1cccc(NC(=O)/C=C/c2ccc([N+](=O)[O-])cc2)c1C. The Kier molecular flexibility index (Phi) is 6.21. The molecule has 0 aliphatic carbocycles. The normalized spacial score (nSPS) is 10.5. The minimum atomic E-state index is -0.479. The van der Waals surface area contributed by atoms with Gasteiger partial charge in [-0.1, -0.05) is 13.0 Å². The van der Waals surface area contributed by atoms with E-state index in [2.05, 4.69) is 10.6 Å². The first-order valence-electron chi connectivity index (χ1n) is 8.03. The largest absolute Gasteiger partial charge is 0.326 e. The van der Waals surface area contributed by atoms with Crippen molar-refractivity contribution in [1.29, 1.82) is 0 Å². The molecule has 0 fully saturated rings. The van der Waals surface area contributed by atoms with Gasteiger partial charge in [-0.15, -0.1) is 0 Å². The zero-order valence-electron chi connectivity index (χ0n) is 14.5. The minimum absolute atomic E-state index is 0.00633. The highest BCUT2D eigenvalue weighted by Gasteiger charge is 2.08. The lowest BCUT2D eigenvalue weighted by Crippen LogP contribution is -2.13. The number of carbonyl (C=O) groups excluding carboxylic acids is 2.